The molecule has 5 nitrogen and oxygen atoms in total. The fourth-order valence-electron chi connectivity index (χ4n) is 1.57. The number of rotatable bonds is 3. The molecule has 0 spiro atoms. The number of hydrogen-bond donors (Lipinski definition) is 1. The fourth-order valence-corrected chi connectivity index (χ4v) is 2.74. The predicted octanol–water partition coefficient (Wildman–Crippen LogP) is 0.740. The zero-order chi connectivity index (χ0) is 11.5. The maximum atomic E-state index is 11.5. The van der Waals surface area contributed by atoms with E-state index in [1.807, 2.05) is 6.07 Å². The maximum Gasteiger partial charge on any atom is 0.323 e. The number of hydrogen-bond acceptors (Lipinski definition) is 4. The molecule has 2 rings (SSSR count). The van der Waals surface area contributed by atoms with Gasteiger partial charge in [-0.3, -0.25) is 14.6 Å². The first-order valence-electron chi connectivity index (χ1n) is 4.71. The lowest BCUT2D eigenvalue weighted by Crippen LogP contribution is -2.33. The molecule has 0 aliphatic carbocycles. The second kappa shape index (κ2) is 4.52. The van der Waals surface area contributed by atoms with Crippen LogP contribution in [0.5, 0.6) is 0 Å². The van der Waals surface area contributed by atoms with Gasteiger partial charge in [-0.15, -0.1) is 11.8 Å². The largest absolute Gasteiger partial charge is 0.480 e. The molecule has 16 heavy (non-hydrogen) atoms. The Morgan fingerprint density at radius 1 is 1.69 bits per heavy atom. The van der Waals surface area contributed by atoms with Crippen LogP contribution in [0.25, 0.3) is 0 Å². The van der Waals surface area contributed by atoms with Crippen LogP contribution in [0, 0.1) is 0 Å². The number of amides is 1. The highest BCUT2D eigenvalue weighted by Gasteiger charge is 2.34. The Hall–Kier alpha value is -1.56. The van der Waals surface area contributed by atoms with Crippen molar-refractivity contribution < 1.29 is 14.7 Å². The molecular formula is C10H10N2O3S. The van der Waals surface area contributed by atoms with Gasteiger partial charge in [0, 0.05) is 18.0 Å². The summed E-state index contributed by atoms with van der Waals surface area (Å²) in [5, 5.41) is 8.51. The molecule has 1 aliphatic heterocycles. The minimum Gasteiger partial charge on any atom is -0.480 e. The summed E-state index contributed by atoms with van der Waals surface area (Å²) in [5.41, 5.74) is 0.861. The monoisotopic (exact) mass is 238 g/mol. The number of aliphatic carboxylic acids is 1. The summed E-state index contributed by atoms with van der Waals surface area (Å²) in [6, 6.07) is 3.62. The molecule has 1 unspecified atom stereocenters. The van der Waals surface area contributed by atoms with Gasteiger partial charge in [-0.25, -0.2) is 0 Å². The van der Waals surface area contributed by atoms with Crippen molar-refractivity contribution in [2.24, 2.45) is 0 Å². The quantitative estimate of drug-likeness (QED) is 0.841. The number of aromatic nitrogens is 1. The highest BCUT2D eigenvalue weighted by Crippen LogP contribution is 2.37. The van der Waals surface area contributed by atoms with Gasteiger partial charge >= 0.3 is 5.97 Å². The third-order valence-corrected chi connectivity index (χ3v) is 3.50. The second-order valence-corrected chi connectivity index (χ2v) is 4.43. The van der Waals surface area contributed by atoms with E-state index in [9.17, 15) is 9.59 Å². The number of carbonyl (C=O) groups is 2. The molecule has 1 saturated heterocycles. The molecule has 0 aromatic carbocycles. The Bertz CT molecular complexity index is 410. The van der Waals surface area contributed by atoms with Crippen LogP contribution >= 0.6 is 11.8 Å². The first kappa shape index (κ1) is 10.9. The van der Waals surface area contributed by atoms with Gasteiger partial charge in [0.2, 0.25) is 5.91 Å². The number of pyridine rings is 1. The van der Waals surface area contributed by atoms with Crippen molar-refractivity contribution in [2.45, 2.75) is 5.37 Å². The van der Waals surface area contributed by atoms with Crippen LogP contribution in [-0.4, -0.2) is 39.2 Å². The summed E-state index contributed by atoms with van der Waals surface area (Å²) < 4.78 is 0. The fraction of sp³-hybridized carbons (Fsp3) is 0.300. The van der Waals surface area contributed by atoms with Crippen molar-refractivity contribution >= 4 is 23.6 Å². The van der Waals surface area contributed by atoms with Gasteiger partial charge in [0.1, 0.15) is 11.9 Å². The van der Waals surface area contributed by atoms with E-state index in [0.29, 0.717) is 5.75 Å². The molecule has 0 saturated carbocycles. The zero-order valence-corrected chi connectivity index (χ0v) is 9.18. The highest BCUT2D eigenvalue weighted by atomic mass is 32.2. The summed E-state index contributed by atoms with van der Waals surface area (Å²) in [7, 11) is 0. The first-order valence-corrected chi connectivity index (χ1v) is 5.76. The van der Waals surface area contributed by atoms with Crippen molar-refractivity contribution in [1.29, 1.82) is 0 Å². The van der Waals surface area contributed by atoms with Crippen LogP contribution in [0.4, 0.5) is 0 Å². The van der Waals surface area contributed by atoms with Crippen LogP contribution in [0.1, 0.15) is 10.9 Å². The van der Waals surface area contributed by atoms with E-state index in [2.05, 4.69) is 4.98 Å². The third kappa shape index (κ3) is 2.16. The van der Waals surface area contributed by atoms with Crippen molar-refractivity contribution in [3.05, 3.63) is 30.1 Å². The van der Waals surface area contributed by atoms with Gasteiger partial charge in [-0.1, -0.05) is 6.07 Å². The second-order valence-electron chi connectivity index (χ2n) is 3.37. The van der Waals surface area contributed by atoms with E-state index >= 15 is 0 Å². The lowest BCUT2D eigenvalue weighted by molar-refractivity contribution is -0.143. The standard InChI is InChI=1S/C10H10N2O3S/c13-8-6-16-10(12(8)5-9(14)15)7-2-1-3-11-4-7/h1-4,10H,5-6H2,(H,14,15). The molecule has 1 aliphatic rings. The minimum absolute atomic E-state index is 0.138. The van der Waals surface area contributed by atoms with E-state index < -0.39 is 5.97 Å². The molecule has 1 aromatic heterocycles. The van der Waals surface area contributed by atoms with E-state index in [0.717, 1.165) is 5.56 Å². The lowest BCUT2D eigenvalue weighted by Gasteiger charge is -2.21. The summed E-state index contributed by atoms with van der Waals surface area (Å²) in [6.07, 6.45) is 3.30. The number of nitrogens with zero attached hydrogens (tertiary/aromatic N) is 2. The SMILES string of the molecule is O=C(O)CN1C(=O)CSC1c1cccnc1. The van der Waals surface area contributed by atoms with Crippen LogP contribution in [0.3, 0.4) is 0 Å². The summed E-state index contributed by atoms with van der Waals surface area (Å²) in [6.45, 7) is -0.259. The molecule has 0 radical (unpaired) electrons. The predicted molar refractivity (Wildman–Crippen MR) is 58.8 cm³/mol. The summed E-state index contributed by atoms with van der Waals surface area (Å²) in [5.74, 6) is -0.807. The maximum absolute atomic E-state index is 11.5. The first-order chi connectivity index (χ1) is 7.68. The van der Waals surface area contributed by atoms with Crippen LogP contribution < -0.4 is 0 Å². The van der Waals surface area contributed by atoms with Crippen molar-refractivity contribution in [3.63, 3.8) is 0 Å². The average molecular weight is 238 g/mol. The molecule has 1 fully saturated rings. The third-order valence-electron chi connectivity index (χ3n) is 2.24. The smallest absolute Gasteiger partial charge is 0.323 e. The van der Waals surface area contributed by atoms with Gasteiger partial charge in [0.05, 0.1) is 5.75 Å². The van der Waals surface area contributed by atoms with Crippen LogP contribution in [0.2, 0.25) is 0 Å². The van der Waals surface area contributed by atoms with E-state index in [1.165, 1.54) is 16.7 Å². The molecule has 84 valence electrons. The Morgan fingerprint density at radius 2 is 2.50 bits per heavy atom. The number of carboxylic acids is 1. The van der Waals surface area contributed by atoms with Gasteiger partial charge in [-0.2, -0.15) is 0 Å². The van der Waals surface area contributed by atoms with E-state index in [4.69, 9.17) is 5.11 Å². The molecule has 2 heterocycles. The summed E-state index contributed by atoms with van der Waals surface area (Å²) >= 11 is 1.43. The van der Waals surface area contributed by atoms with Gasteiger partial charge < -0.3 is 10.0 Å². The molecule has 6 heteroatoms. The van der Waals surface area contributed by atoms with Crippen molar-refractivity contribution in [2.75, 3.05) is 12.3 Å². The molecule has 1 atom stereocenters. The normalized spacial score (nSPS) is 20.1. The summed E-state index contributed by atoms with van der Waals surface area (Å²) in [4.78, 5) is 27.5. The van der Waals surface area contributed by atoms with E-state index in [-0.39, 0.29) is 17.8 Å². The number of carboxylic acid groups (broad SMARTS) is 1. The Labute approximate surface area is 96.5 Å². The van der Waals surface area contributed by atoms with Gasteiger partial charge in [-0.05, 0) is 6.07 Å². The van der Waals surface area contributed by atoms with Crippen LogP contribution in [-0.2, 0) is 9.59 Å². The number of carbonyl (C=O) groups excluding carboxylic acids is 1. The number of thioether (sulfide) groups is 1. The lowest BCUT2D eigenvalue weighted by atomic mass is 10.2. The topological polar surface area (TPSA) is 70.5 Å². The molecule has 1 aromatic rings. The van der Waals surface area contributed by atoms with Crippen molar-refractivity contribution in [3.8, 4) is 0 Å². The molecule has 1 amide bonds. The van der Waals surface area contributed by atoms with Gasteiger partial charge in [0.15, 0.2) is 0 Å². The average Bonchev–Trinajstić information content (AvgIpc) is 2.61. The Morgan fingerprint density at radius 3 is 3.12 bits per heavy atom. The molecular weight excluding hydrogens is 228 g/mol. The van der Waals surface area contributed by atoms with Crippen LogP contribution in [0.15, 0.2) is 24.5 Å². The molecule has 0 bridgehead atoms. The van der Waals surface area contributed by atoms with Crippen molar-refractivity contribution in [1.82, 2.24) is 9.88 Å². The van der Waals surface area contributed by atoms with E-state index in [1.54, 1.807) is 18.5 Å². The Kier molecular flexibility index (Phi) is 3.09. The highest BCUT2D eigenvalue weighted by molar-refractivity contribution is 8.00. The minimum atomic E-state index is -0.996. The zero-order valence-electron chi connectivity index (χ0n) is 8.37. The Balaban J connectivity index is 2.21. The molecule has 1 N–H and O–H groups in total. The van der Waals surface area contributed by atoms with Gasteiger partial charge in [0.25, 0.3) is 0 Å².